The first-order valence-corrected chi connectivity index (χ1v) is 5.97. The van der Waals surface area contributed by atoms with Gasteiger partial charge < -0.3 is 5.32 Å². The predicted octanol–water partition coefficient (Wildman–Crippen LogP) is 4.22. The first-order valence-electron chi connectivity index (χ1n) is 5.60. The highest BCUT2D eigenvalue weighted by atomic mass is 35.5. The Hall–Kier alpha value is -1.54. The van der Waals surface area contributed by atoms with E-state index in [1.54, 1.807) is 0 Å². The third kappa shape index (κ3) is 3.21. The molecule has 0 fully saturated rings. The number of benzene rings is 1. The van der Waals surface area contributed by atoms with Gasteiger partial charge in [-0.05, 0) is 43.7 Å². The van der Waals surface area contributed by atoms with E-state index in [-0.39, 0.29) is 6.04 Å². The fraction of sp³-hybridized carbons (Fsp3) is 0.214. The fourth-order valence-electron chi connectivity index (χ4n) is 1.66. The second-order valence-corrected chi connectivity index (χ2v) is 4.55. The van der Waals surface area contributed by atoms with E-state index in [0.29, 0.717) is 0 Å². The minimum absolute atomic E-state index is 0.207. The van der Waals surface area contributed by atoms with Gasteiger partial charge in [0, 0.05) is 16.8 Å². The second kappa shape index (κ2) is 5.19. The molecule has 0 saturated carbocycles. The molecule has 1 atom stereocenters. The first-order chi connectivity index (χ1) is 8.15. The average Bonchev–Trinajstić information content (AvgIpc) is 2.32. The molecular weight excluding hydrogens is 232 g/mol. The lowest BCUT2D eigenvalue weighted by atomic mass is 10.1. The summed E-state index contributed by atoms with van der Waals surface area (Å²) in [5.41, 5.74) is 3.20. The van der Waals surface area contributed by atoms with Gasteiger partial charge in [0.05, 0.1) is 11.9 Å². The molecule has 0 aliphatic carbocycles. The van der Waals surface area contributed by atoms with E-state index in [1.165, 1.54) is 0 Å². The number of pyridine rings is 1. The van der Waals surface area contributed by atoms with Gasteiger partial charge in [0.1, 0.15) is 0 Å². The molecular formula is C14H15ClN2. The van der Waals surface area contributed by atoms with Crippen molar-refractivity contribution in [3.8, 4) is 0 Å². The van der Waals surface area contributed by atoms with Crippen LogP contribution in [0.3, 0.4) is 0 Å². The maximum Gasteiger partial charge on any atom is 0.0531 e. The Kier molecular flexibility index (Phi) is 3.64. The van der Waals surface area contributed by atoms with Gasteiger partial charge in [0.25, 0.3) is 0 Å². The lowest BCUT2D eigenvalue weighted by Gasteiger charge is -2.15. The molecule has 88 valence electrons. The number of halogens is 1. The van der Waals surface area contributed by atoms with E-state index in [4.69, 9.17) is 11.6 Å². The highest BCUT2D eigenvalue weighted by molar-refractivity contribution is 6.30. The summed E-state index contributed by atoms with van der Waals surface area (Å²) in [5.74, 6) is 0. The number of hydrogen-bond acceptors (Lipinski definition) is 2. The quantitative estimate of drug-likeness (QED) is 0.877. The summed E-state index contributed by atoms with van der Waals surface area (Å²) in [6, 6.07) is 12.1. The smallest absolute Gasteiger partial charge is 0.0531 e. The lowest BCUT2D eigenvalue weighted by molar-refractivity contribution is 0.882. The monoisotopic (exact) mass is 246 g/mol. The summed E-state index contributed by atoms with van der Waals surface area (Å²) in [7, 11) is 0. The van der Waals surface area contributed by atoms with E-state index in [2.05, 4.69) is 23.3 Å². The molecule has 0 saturated heterocycles. The van der Waals surface area contributed by atoms with Crippen LogP contribution in [0, 0.1) is 6.92 Å². The Morgan fingerprint density at radius 2 is 2.06 bits per heavy atom. The van der Waals surface area contributed by atoms with Gasteiger partial charge in [0.15, 0.2) is 0 Å². The largest absolute Gasteiger partial charge is 0.377 e. The van der Waals surface area contributed by atoms with Gasteiger partial charge in [-0.1, -0.05) is 23.7 Å². The van der Waals surface area contributed by atoms with Gasteiger partial charge in [-0.3, -0.25) is 4.98 Å². The molecule has 0 aliphatic heterocycles. The Morgan fingerprint density at radius 1 is 1.24 bits per heavy atom. The van der Waals surface area contributed by atoms with E-state index < -0.39 is 0 Å². The molecule has 0 amide bonds. The third-order valence-corrected chi connectivity index (χ3v) is 2.88. The van der Waals surface area contributed by atoms with E-state index >= 15 is 0 Å². The van der Waals surface area contributed by atoms with Crippen molar-refractivity contribution in [1.82, 2.24) is 4.98 Å². The molecule has 1 heterocycles. The zero-order valence-corrected chi connectivity index (χ0v) is 10.7. The highest BCUT2D eigenvalue weighted by Crippen LogP contribution is 2.21. The molecule has 1 aromatic heterocycles. The van der Waals surface area contributed by atoms with Crippen LogP contribution in [-0.2, 0) is 0 Å². The SMILES string of the molecule is Cc1ccc(NC(C)c2cccc(Cl)c2)cn1. The molecule has 17 heavy (non-hydrogen) atoms. The summed E-state index contributed by atoms with van der Waals surface area (Å²) in [4.78, 5) is 4.25. The van der Waals surface area contributed by atoms with Crippen LogP contribution < -0.4 is 5.32 Å². The van der Waals surface area contributed by atoms with Crippen LogP contribution in [0.4, 0.5) is 5.69 Å². The molecule has 1 aromatic carbocycles. The number of anilines is 1. The van der Waals surface area contributed by atoms with Crippen molar-refractivity contribution in [2.24, 2.45) is 0 Å². The number of hydrogen-bond donors (Lipinski definition) is 1. The maximum absolute atomic E-state index is 5.97. The second-order valence-electron chi connectivity index (χ2n) is 4.11. The van der Waals surface area contributed by atoms with Crippen molar-refractivity contribution in [3.63, 3.8) is 0 Å². The number of aryl methyl sites for hydroxylation is 1. The molecule has 3 heteroatoms. The lowest BCUT2D eigenvalue weighted by Crippen LogP contribution is -2.06. The summed E-state index contributed by atoms with van der Waals surface area (Å²) in [5, 5.41) is 4.15. The standard InChI is InChI=1S/C14H15ClN2/c1-10-6-7-14(9-16-10)17-11(2)12-4-3-5-13(15)8-12/h3-9,11,17H,1-2H3. The summed E-state index contributed by atoms with van der Waals surface area (Å²) in [6.45, 7) is 4.08. The zero-order valence-electron chi connectivity index (χ0n) is 9.94. The highest BCUT2D eigenvalue weighted by Gasteiger charge is 2.05. The average molecular weight is 247 g/mol. The minimum Gasteiger partial charge on any atom is -0.377 e. The molecule has 1 unspecified atom stereocenters. The van der Waals surface area contributed by atoms with Gasteiger partial charge in [-0.15, -0.1) is 0 Å². The summed E-state index contributed by atoms with van der Waals surface area (Å²) in [6.07, 6.45) is 1.84. The molecule has 2 aromatic rings. The van der Waals surface area contributed by atoms with Crippen molar-refractivity contribution < 1.29 is 0 Å². The fourth-order valence-corrected chi connectivity index (χ4v) is 1.86. The van der Waals surface area contributed by atoms with E-state index in [1.807, 2.05) is 43.5 Å². The molecule has 2 rings (SSSR count). The molecule has 2 nitrogen and oxygen atoms in total. The Balaban J connectivity index is 2.11. The number of nitrogens with zero attached hydrogens (tertiary/aromatic N) is 1. The van der Waals surface area contributed by atoms with Crippen LogP contribution in [0.5, 0.6) is 0 Å². The van der Waals surface area contributed by atoms with E-state index in [9.17, 15) is 0 Å². The Labute approximate surface area is 107 Å². The number of nitrogens with one attached hydrogen (secondary N) is 1. The van der Waals surface area contributed by atoms with Crippen LogP contribution in [0.15, 0.2) is 42.6 Å². The number of aromatic nitrogens is 1. The zero-order chi connectivity index (χ0) is 12.3. The van der Waals surface area contributed by atoms with E-state index in [0.717, 1.165) is 22.0 Å². The van der Waals surface area contributed by atoms with Crippen LogP contribution >= 0.6 is 11.6 Å². The normalized spacial score (nSPS) is 12.2. The number of rotatable bonds is 3. The van der Waals surface area contributed by atoms with Crippen LogP contribution in [-0.4, -0.2) is 4.98 Å². The predicted molar refractivity (Wildman–Crippen MR) is 72.5 cm³/mol. The van der Waals surface area contributed by atoms with Crippen molar-refractivity contribution in [1.29, 1.82) is 0 Å². The van der Waals surface area contributed by atoms with Crippen LogP contribution in [0.25, 0.3) is 0 Å². The van der Waals surface area contributed by atoms with Gasteiger partial charge in [-0.25, -0.2) is 0 Å². The van der Waals surface area contributed by atoms with Gasteiger partial charge in [-0.2, -0.15) is 0 Å². The molecule has 0 aliphatic rings. The molecule has 0 bridgehead atoms. The minimum atomic E-state index is 0.207. The van der Waals surface area contributed by atoms with Crippen LogP contribution in [0.1, 0.15) is 24.2 Å². The Bertz CT molecular complexity index is 494. The molecule has 1 N–H and O–H groups in total. The summed E-state index contributed by atoms with van der Waals surface area (Å²) >= 11 is 5.97. The third-order valence-electron chi connectivity index (χ3n) is 2.64. The van der Waals surface area contributed by atoms with Gasteiger partial charge in [0.2, 0.25) is 0 Å². The van der Waals surface area contributed by atoms with Crippen molar-refractivity contribution in [2.75, 3.05) is 5.32 Å². The first kappa shape index (κ1) is 11.9. The maximum atomic E-state index is 5.97. The topological polar surface area (TPSA) is 24.9 Å². The van der Waals surface area contributed by atoms with Crippen LogP contribution in [0.2, 0.25) is 5.02 Å². The Morgan fingerprint density at radius 3 is 2.71 bits per heavy atom. The van der Waals surface area contributed by atoms with Crippen molar-refractivity contribution >= 4 is 17.3 Å². The van der Waals surface area contributed by atoms with Gasteiger partial charge >= 0.3 is 0 Å². The summed E-state index contributed by atoms with van der Waals surface area (Å²) < 4.78 is 0. The van der Waals surface area contributed by atoms with Crippen molar-refractivity contribution in [2.45, 2.75) is 19.9 Å². The molecule has 0 spiro atoms. The molecule has 0 radical (unpaired) electrons. The van der Waals surface area contributed by atoms with Crippen molar-refractivity contribution in [3.05, 3.63) is 58.9 Å².